The summed E-state index contributed by atoms with van der Waals surface area (Å²) in [5, 5.41) is 11.8. The Hall–Kier alpha value is -3.57. The molecule has 3 N–H and O–H groups in total. The summed E-state index contributed by atoms with van der Waals surface area (Å²) in [5.74, 6) is -2.11. The van der Waals surface area contributed by atoms with Gasteiger partial charge in [-0.2, -0.15) is 0 Å². The summed E-state index contributed by atoms with van der Waals surface area (Å²) in [6, 6.07) is 2.92. The lowest BCUT2D eigenvalue weighted by Crippen LogP contribution is -2.67. The van der Waals surface area contributed by atoms with Crippen LogP contribution in [-0.2, 0) is 9.53 Å². The number of nitrogens with zero attached hydrogens (tertiary/aromatic N) is 2. The molecule has 0 aromatic carbocycles. The van der Waals surface area contributed by atoms with Gasteiger partial charge in [0.1, 0.15) is 11.6 Å². The van der Waals surface area contributed by atoms with E-state index in [1.165, 1.54) is 56.7 Å². The van der Waals surface area contributed by atoms with E-state index in [9.17, 15) is 24.3 Å². The highest BCUT2D eigenvalue weighted by Gasteiger charge is 2.40. The van der Waals surface area contributed by atoms with Crippen molar-refractivity contribution >= 4 is 11.9 Å². The molecule has 2 aromatic rings. The van der Waals surface area contributed by atoms with Gasteiger partial charge in [0.15, 0.2) is 6.23 Å². The number of aromatic nitrogens is 3. The maximum absolute atomic E-state index is 12.2. The highest BCUT2D eigenvalue weighted by molar-refractivity contribution is 5.94. The molecule has 0 fully saturated rings. The number of carboxylic acids is 1. The Morgan fingerprint density at radius 2 is 1.97 bits per heavy atom. The minimum absolute atomic E-state index is 0.268. The van der Waals surface area contributed by atoms with Gasteiger partial charge in [-0.25, -0.2) is 10.2 Å². The second-order valence-electron chi connectivity index (χ2n) is 6.62. The molecular formula is C18H18N5O6-. The van der Waals surface area contributed by atoms with Crippen molar-refractivity contribution in [3.8, 4) is 0 Å². The van der Waals surface area contributed by atoms with E-state index in [1.807, 2.05) is 0 Å². The molecule has 3 rings (SSSR count). The summed E-state index contributed by atoms with van der Waals surface area (Å²) in [6.07, 6.45) is 5.02. The van der Waals surface area contributed by atoms with Crippen LogP contribution < -0.4 is 27.2 Å². The van der Waals surface area contributed by atoms with Crippen LogP contribution in [0.4, 0.5) is 0 Å². The Morgan fingerprint density at radius 1 is 1.28 bits per heavy atom. The number of H-pyrrole nitrogens is 1. The van der Waals surface area contributed by atoms with Crippen molar-refractivity contribution in [2.24, 2.45) is 0 Å². The highest BCUT2D eigenvalue weighted by Crippen LogP contribution is 2.27. The molecule has 2 aromatic heterocycles. The highest BCUT2D eigenvalue weighted by atomic mass is 16.5. The standard InChI is InChI=1S/C18H19N5O6/c1-10-9-23(17(28)20-14(10)24)13-4-3-12(29-13)18(2,16(26)27)22-21-15(25)11-5-7-19-8-6-11/h3-9,12-13,22H,1-2H3,(H,21,25)(H,26,27)(H,20,24,28)/p-1. The molecule has 11 heteroatoms. The number of aromatic amines is 1. The maximum atomic E-state index is 12.2. The van der Waals surface area contributed by atoms with Crippen LogP contribution >= 0.6 is 0 Å². The molecule has 11 nitrogen and oxygen atoms in total. The summed E-state index contributed by atoms with van der Waals surface area (Å²) < 4.78 is 6.80. The SMILES string of the molecule is Cc1cn(C2C=CC(C(C)(NNC(=O)c3ccncc3)C(=O)[O-])O2)c(=O)[nH]c1=O. The van der Waals surface area contributed by atoms with Crippen LogP contribution in [0.25, 0.3) is 0 Å². The number of carboxylic acid groups (broad SMARTS) is 1. The van der Waals surface area contributed by atoms with Gasteiger partial charge in [0, 0.05) is 29.7 Å². The molecule has 0 radical (unpaired) electrons. The van der Waals surface area contributed by atoms with E-state index in [1.54, 1.807) is 0 Å². The normalized spacial score (nSPS) is 20.2. The number of carbonyl (C=O) groups excluding carboxylic acids is 2. The Balaban J connectivity index is 1.76. The summed E-state index contributed by atoms with van der Waals surface area (Å²) in [6.45, 7) is 2.79. The summed E-state index contributed by atoms with van der Waals surface area (Å²) in [7, 11) is 0. The van der Waals surface area contributed by atoms with Gasteiger partial charge in [0.25, 0.3) is 11.5 Å². The fraction of sp³-hybridized carbons (Fsp3) is 0.278. The minimum atomic E-state index is -1.85. The van der Waals surface area contributed by atoms with Gasteiger partial charge in [-0.15, -0.1) is 0 Å². The number of hydrogen-bond acceptors (Lipinski definition) is 8. The molecule has 1 amide bonds. The number of pyridine rings is 1. The molecule has 3 atom stereocenters. The predicted molar refractivity (Wildman–Crippen MR) is 97.4 cm³/mol. The molecule has 0 aliphatic carbocycles. The molecule has 1 aliphatic rings. The fourth-order valence-corrected chi connectivity index (χ4v) is 2.70. The quantitative estimate of drug-likeness (QED) is 0.376. The third-order valence-corrected chi connectivity index (χ3v) is 4.53. The van der Waals surface area contributed by atoms with Crippen molar-refractivity contribution in [2.45, 2.75) is 31.7 Å². The smallest absolute Gasteiger partial charge is 0.330 e. The third-order valence-electron chi connectivity index (χ3n) is 4.53. The molecule has 0 saturated heterocycles. The van der Waals surface area contributed by atoms with Crippen LogP contribution in [0.15, 0.2) is 52.5 Å². The van der Waals surface area contributed by atoms with Crippen LogP contribution in [0.3, 0.4) is 0 Å². The molecule has 0 saturated carbocycles. The van der Waals surface area contributed by atoms with Crippen molar-refractivity contribution in [3.05, 3.63) is 74.8 Å². The average molecular weight is 400 g/mol. The number of aryl methyl sites for hydroxylation is 1. The van der Waals surface area contributed by atoms with E-state index >= 15 is 0 Å². The van der Waals surface area contributed by atoms with Crippen molar-refractivity contribution in [1.29, 1.82) is 0 Å². The van der Waals surface area contributed by atoms with Crippen LogP contribution in [0.1, 0.15) is 29.1 Å². The van der Waals surface area contributed by atoms with Gasteiger partial charge >= 0.3 is 5.69 Å². The summed E-state index contributed by atoms with van der Waals surface area (Å²) in [5.41, 5.74) is 2.23. The first-order valence-corrected chi connectivity index (χ1v) is 8.57. The van der Waals surface area contributed by atoms with E-state index in [2.05, 4.69) is 20.8 Å². The van der Waals surface area contributed by atoms with E-state index in [-0.39, 0.29) is 11.1 Å². The van der Waals surface area contributed by atoms with Crippen LogP contribution in [-0.4, -0.2) is 38.1 Å². The minimum Gasteiger partial charge on any atom is -0.548 e. The average Bonchev–Trinajstić information content (AvgIpc) is 3.19. The number of amides is 1. The molecule has 3 heterocycles. The number of hydrazine groups is 1. The zero-order chi connectivity index (χ0) is 21.2. The van der Waals surface area contributed by atoms with Gasteiger partial charge in [0.05, 0.1) is 5.97 Å². The van der Waals surface area contributed by atoms with Gasteiger partial charge in [-0.3, -0.25) is 29.5 Å². The number of rotatable bonds is 6. The van der Waals surface area contributed by atoms with Crippen molar-refractivity contribution < 1.29 is 19.4 Å². The van der Waals surface area contributed by atoms with Crippen LogP contribution in [0, 0.1) is 6.92 Å². The van der Waals surface area contributed by atoms with Gasteiger partial charge in [-0.05, 0) is 32.1 Å². The second-order valence-corrected chi connectivity index (χ2v) is 6.62. The molecule has 3 unspecified atom stereocenters. The monoisotopic (exact) mass is 400 g/mol. The topological polar surface area (TPSA) is 158 Å². The van der Waals surface area contributed by atoms with E-state index in [4.69, 9.17) is 4.74 Å². The lowest BCUT2D eigenvalue weighted by Gasteiger charge is -2.36. The van der Waals surface area contributed by atoms with E-state index in [0.29, 0.717) is 0 Å². The zero-order valence-electron chi connectivity index (χ0n) is 15.5. The van der Waals surface area contributed by atoms with Crippen molar-refractivity contribution in [1.82, 2.24) is 25.4 Å². The Bertz CT molecular complexity index is 1080. The first kappa shape index (κ1) is 20.2. The second kappa shape index (κ2) is 7.81. The molecule has 29 heavy (non-hydrogen) atoms. The van der Waals surface area contributed by atoms with Crippen molar-refractivity contribution in [3.63, 3.8) is 0 Å². The largest absolute Gasteiger partial charge is 0.548 e. The Labute approximate surface area is 164 Å². The Kier molecular flexibility index (Phi) is 5.43. The molecule has 0 bridgehead atoms. The number of nitrogens with one attached hydrogen (secondary N) is 3. The van der Waals surface area contributed by atoms with E-state index < -0.39 is 41.0 Å². The number of carbonyl (C=O) groups is 2. The van der Waals surface area contributed by atoms with Crippen LogP contribution in [0.2, 0.25) is 0 Å². The maximum Gasteiger partial charge on any atom is 0.330 e. The van der Waals surface area contributed by atoms with Crippen LogP contribution in [0.5, 0.6) is 0 Å². The molecule has 152 valence electrons. The third kappa shape index (κ3) is 4.00. The summed E-state index contributed by atoms with van der Waals surface area (Å²) >= 11 is 0. The van der Waals surface area contributed by atoms with Gasteiger partial charge in [-0.1, -0.05) is 6.08 Å². The van der Waals surface area contributed by atoms with E-state index in [0.717, 1.165) is 4.57 Å². The lowest BCUT2D eigenvalue weighted by molar-refractivity contribution is -0.317. The molecule has 1 aliphatic heterocycles. The summed E-state index contributed by atoms with van der Waals surface area (Å²) in [4.78, 5) is 53.5. The Morgan fingerprint density at radius 3 is 2.62 bits per heavy atom. The first-order chi connectivity index (χ1) is 13.7. The number of aliphatic carboxylic acids is 1. The van der Waals surface area contributed by atoms with Gasteiger partial charge < -0.3 is 14.6 Å². The fourth-order valence-electron chi connectivity index (χ4n) is 2.70. The first-order valence-electron chi connectivity index (χ1n) is 8.57. The number of ether oxygens (including phenoxy) is 1. The van der Waals surface area contributed by atoms with Crippen molar-refractivity contribution in [2.75, 3.05) is 0 Å². The predicted octanol–water partition coefficient (Wildman–Crippen LogP) is -1.86. The number of hydrogen-bond donors (Lipinski definition) is 3. The zero-order valence-corrected chi connectivity index (χ0v) is 15.5. The molecular weight excluding hydrogens is 382 g/mol. The molecule has 0 spiro atoms. The lowest BCUT2D eigenvalue weighted by atomic mass is 9.96. The van der Waals surface area contributed by atoms with Gasteiger partial charge in [0.2, 0.25) is 0 Å².